The molecule has 0 atom stereocenters. The van der Waals surface area contributed by atoms with Crippen molar-refractivity contribution in [3.05, 3.63) is 34.2 Å². The molecule has 70 valence electrons. The Morgan fingerprint density at radius 2 is 2.08 bits per heavy atom. The van der Waals surface area contributed by atoms with E-state index in [0.717, 1.165) is 11.8 Å². The van der Waals surface area contributed by atoms with Gasteiger partial charge < -0.3 is 4.90 Å². The molecule has 0 aliphatic rings. The molecule has 0 radical (unpaired) electrons. The van der Waals surface area contributed by atoms with Crippen LogP contribution in [0, 0.1) is 0 Å². The van der Waals surface area contributed by atoms with E-state index in [1.807, 2.05) is 0 Å². The van der Waals surface area contributed by atoms with E-state index in [2.05, 4.69) is 56.8 Å². The Bertz CT molecular complexity index is 377. The zero-order valence-corrected chi connectivity index (χ0v) is 8.67. The number of rotatable bonds is 2. The minimum Gasteiger partial charge on any atom is -0.305 e. The summed E-state index contributed by atoms with van der Waals surface area (Å²) in [6.45, 7) is 7.04. The van der Waals surface area contributed by atoms with Crippen LogP contribution in [-0.4, -0.2) is 19.0 Å². The molecule has 0 unspecified atom stereocenters. The molecular formula is C12H17N. The summed E-state index contributed by atoms with van der Waals surface area (Å²) in [7, 11) is 4.16. The van der Waals surface area contributed by atoms with Crippen LogP contribution in [0.4, 0.5) is 0 Å². The molecule has 0 amide bonds. The first-order valence-electron chi connectivity index (χ1n) is 4.53. The summed E-state index contributed by atoms with van der Waals surface area (Å²) in [4.78, 5) is 2.17. The smallest absolute Gasteiger partial charge is 0.0233 e. The highest BCUT2D eigenvalue weighted by molar-refractivity contribution is 5.30. The average molecular weight is 175 g/mol. The normalized spacial score (nSPS) is 12.5. The predicted molar refractivity (Wildman–Crippen MR) is 58.7 cm³/mol. The summed E-state index contributed by atoms with van der Waals surface area (Å²) in [5.74, 6) is 0. The minimum atomic E-state index is 0.975. The lowest BCUT2D eigenvalue weighted by atomic mass is 10.1. The van der Waals surface area contributed by atoms with E-state index in [1.54, 1.807) is 0 Å². The van der Waals surface area contributed by atoms with Crippen LogP contribution in [0.25, 0.3) is 12.7 Å². The van der Waals surface area contributed by atoms with Crippen LogP contribution in [0.15, 0.2) is 18.2 Å². The van der Waals surface area contributed by atoms with Crippen molar-refractivity contribution < 1.29 is 0 Å². The summed E-state index contributed by atoms with van der Waals surface area (Å²) in [5, 5.41) is 2.39. The highest BCUT2D eigenvalue weighted by Crippen LogP contribution is 1.92. The number of hydrogen-bond acceptors (Lipinski definition) is 1. The van der Waals surface area contributed by atoms with E-state index in [4.69, 9.17) is 0 Å². The second kappa shape index (κ2) is 4.24. The Hall–Kier alpha value is -1.08. The molecule has 0 aliphatic carbocycles. The Labute approximate surface area is 80.0 Å². The van der Waals surface area contributed by atoms with Crippen molar-refractivity contribution >= 4 is 12.7 Å². The largest absolute Gasteiger partial charge is 0.305 e. The van der Waals surface area contributed by atoms with Gasteiger partial charge in [-0.25, -0.2) is 0 Å². The Morgan fingerprint density at radius 1 is 1.38 bits per heavy atom. The van der Waals surface area contributed by atoms with Gasteiger partial charge in [-0.3, -0.25) is 0 Å². The molecule has 0 bridgehead atoms. The molecule has 1 aromatic carbocycles. The van der Waals surface area contributed by atoms with Gasteiger partial charge in [0, 0.05) is 6.54 Å². The molecule has 13 heavy (non-hydrogen) atoms. The fourth-order valence-electron chi connectivity index (χ4n) is 1.52. The minimum absolute atomic E-state index is 0.975. The maximum Gasteiger partial charge on any atom is 0.0233 e. The first-order chi connectivity index (χ1) is 6.15. The molecule has 0 aliphatic heterocycles. The van der Waals surface area contributed by atoms with Crippen LogP contribution in [0.5, 0.6) is 0 Å². The first-order valence-corrected chi connectivity index (χ1v) is 4.53. The second-order valence-corrected chi connectivity index (χ2v) is 3.52. The molecule has 0 saturated carbocycles. The lowest BCUT2D eigenvalue weighted by Gasteiger charge is -2.10. The van der Waals surface area contributed by atoms with Gasteiger partial charge in [0.1, 0.15) is 0 Å². The Kier molecular flexibility index (Phi) is 3.26. The molecule has 0 spiro atoms. The van der Waals surface area contributed by atoms with Gasteiger partial charge >= 0.3 is 0 Å². The zero-order valence-electron chi connectivity index (χ0n) is 8.67. The molecule has 0 heterocycles. The third kappa shape index (κ3) is 2.43. The molecule has 0 fully saturated rings. The monoisotopic (exact) mass is 175 g/mol. The standard InChI is InChI=1S/C12H17N/c1-5-12-10(2)7-6-8-11(12)9-13(3)4/h5-8H,2,9H2,1,3-4H3/b12-5+. The lowest BCUT2D eigenvalue weighted by molar-refractivity contribution is 0.401. The zero-order chi connectivity index (χ0) is 9.84. The van der Waals surface area contributed by atoms with E-state index < -0.39 is 0 Å². The molecule has 0 N–H and O–H groups in total. The second-order valence-electron chi connectivity index (χ2n) is 3.52. The fourth-order valence-corrected chi connectivity index (χ4v) is 1.52. The molecule has 1 aromatic rings. The Morgan fingerprint density at radius 3 is 2.62 bits per heavy atom. The van der Waals surface area contributed by atoms with Crippen molar-refractivity contribution in [3.8, 4) is 0 Å². The maximum absolute atomic E-state index is 4.01. The van der Waals surface area contributed by atoms with E-state index in [-0.39, 0.29) is 0 Å². The maximum atomic E-state index is 4.01. The van der Waals surface area contributed by atoms with Crippen molar-refractivity contribution in [3.63, 3.8) is 0 Å². The third-order valence-corrected chi connectivity index (χ3v) is 2.06. The van der Waals surface area contributed by atoms with Gasteiger partial charge in [-0.05, 0) is 37.0 Å². The SMILES string of the molecule is C=c1cccc(CN(C)C)/c1=C/C. The summed E-state index contributed by atoms with van der Waals surface area (Å²) in [6, 6.07) is 6.27. The van der Waals surface area contributed by atoms with Crippen LogP contribution in [0.1, 0.15) is 12.5 Å². The van der Waals surface area contributed by atoms with Gasteiger partial charge in [0.15, 0.2) is 0 Å². The van der Waals surface area contributed by atoms with Gasteiger partial charge in [-0.15, -0.1) is 0 Å². The van der Waals surface area contributed by atoms with Crippen molar-refractivity contribution in [1.82, 2.24) is 4.90 Å². The van der Waals surface area contributed by atoms with E-state index in [9.17, 15) is 0 Å². The molecule has 0 saturated heterocycles. The molecule has 0 aromatic heterocycles. The highest BCUT2D eigenvalue weighted by Gasteiger charge is 1.96. The molecule has 1 nitrogen and oxygen atoms in total. The number of hydrogen-bond donors (Lipinski definition) is 0. The predicted octanol–water partition coefficient (Wildman–Crippen LogP) is 0.959. The van der Waals surface area contributed by atoms with E-state index >= 15 is 0 Å². The van der Waals surface area contributed by atoms with Crippen LogP contribution < -0.4 is 10.4 Å². The van der Waals surface area contributed by atoms with Crippen molar-refractivity contribution in [2.75, 3.05) is 14.1 Å². The fraction of sp³-hybridized carbons (Fsp3) is 0.333. The van der Waals surface area contributed by atoms with Crippen molar-refractivity contribution in [2.45, 2.75) is 13.5 Å². The van der Waals surface area contributed by atoms with Crippen LogP contribution >= 0.6 is 0 Å². The summed E-state index contributed by atoms with van der Waals surface area (Å²) < 4.78 is 0. The molecule has 1 rings (SSSR count). The van der Waals surface area contributed by atoms with E-state index in [0.29, 0.717) is 0 Å². The number of nitrogens with zero attached hydrogens (tertiary/aromatic N) is 1. The first kappa shape index (κ1) is 10.0. The summed E-state index contributed by atoms with van der Waals surface area (Å²) in [5.41, 5.74) is 1.35. The van der Waals surface area contributed by atoms with Gasteiger partial charge in [0.2, 0.25) is 0 Å². The average Bonchev–Trinajstić information content (AvgIpc) is 2.03. The molecule has 1 heteroatoms. The Balaban J connectivity index is 3.22. The van der Waals surface area contributed by atoms with Gasteiger partial charge in [-0.2, -0.15) is 0 Å². The van der Waals surface area contributed by atoms with Crippen LogP contribution in [0.2, 0.25) is 0 Å². The molecular weight excluding hydrogens is 158 g/mol. The number of benzene rings is 1. The van der Waals surface area contributed by atoms with Crippen LogP contribution in [0.3, 0.4) is 0 Å². The van der Waals surface area contributed by atoms with Gasteiger partial charge in [0.25, 0.3) is 0 Å². The van der Waals surface area contributed by atoms with Crippen molar-refractivity contribution in [1.29, 1.82) is 0 Å². The summed E-state index contributed by atoms with van der Waals surface area (Å²) in [6.07, 6.45) is 2.13. The van der Waals surface area contributed by atoms with Crippen molar-refractivity contribution in [2.24, 2.45) is 0 Å². The quantitative estimate of drug-likeness (QED) is 0.647. The van der Waals surface area contributed by atoms with Crippen LogP contribution in [-0.2, 0) is 6.54 Å². The topological polar surface area (TPSA) is 3.24 Å². The third-order valence-electron chi connectivity index (χ3n) is 2.06. The lowest BCUT2D eigenvalue weighted by Crippen LogP contribution is -2.29. The summed E-state index contributed by atoms with van der Waals surface area (Å²) >= 11 is 0. The van der Waals surface area contributed by atoms with E-state index in [1.165, 1.54) is 10.8 Å². The van der Waals surface area contributed by atoms with Gasteiger partial charge in [0.05, 0.1) is 0 Å². The van der Waals surface area contributed by atoms with Gasteiger partial charge in [-0.1, -0.05) is 30.9 Å². The highest BCUT2D eigenvalue weighted by atomic mass is 15.0.